The summed E-state index contributed by atoms with van der Waals surface area (Å²) in [5.41, 5.74) is 4.26. The molecule has 1 aliphatic rings. The van der Waals surface area contributed by atoms with Crippen LogP contribution in [-0.2, 0) is 0 Å². The van der Waals surface area contributed by atoms with Gasteiger partial charge in [-0.05, 0) is 24.3 Å². The number of nitrogens with two attached hydrogens (primary N) is 1. The Hall–Kier alpha value is 0.170. The molecule has 0 saturated carbocycles. The molecule has 0 aromatic heterocycles. The van der Waals surface area contributed by atoms with Crippen LogP contribution in [0.2, 0.25) is 0 Å². The molecule has 60 valence electrons. The van der Waals surface area contributed by atoms with Crippen molar-refractivity contribution in [1.82, 2.24) is 0 Å². The molecule has 1 aliphatic heterocycles. The van der Waals surface area contributed by atoms with Gasteiger partial charge in [0.2, 0.25) is 0 Å². The van der Waals surface area contributed by atoms with Crippen LogP contribution >= 0.6 is 11.8 Å². The van der Waals surface area contributed by atoms with Crippen molar-refractivity contribution in [2.45, 2.75) is 24.8 Å². The third kappa shape index (κ3) is 1.61. The quantitative estimate of drug-likeness (QED) is 0.640. The van der Waals surface area contributed by atoms with Gasteiger partial charge in [0.25, 0.3) is 6.43 Å². The molecule has 1 fully saturated rings. The predicted molar refractivity (Wildman–Crippen MR) is 39.5 cm³/mol. The minimum Gasteiger partial charge on any atom is -0.320 e. The first-order valence-corrected chi connectivity index (χ1v) is 4.45. The smallest absolute Gasteiger partial charge is 0.256 e. The Kier molecular flexibility index (Phi) is 2.52. The zero-order chi connectivity index (χ0) is 7.61. The molecule has 0 unspecified atom stereocenters. The molecule has 1 heterocycles. The maximum atomic E-state index is 12.2. The SMILES string of the molecule is NC1(C(F)F)CCSCC1. The largest absolute Gasteiger partial charge is 0.320 e. The predicted octanol–water partition coefficient (Wildman–Crippen LogP) is 1.48. The van der Waals surface area contributed by atoms with Crippen molar-refractivity contribution in [3.63, 3.8) is 0 Å². The molecule has 4 heteroatoms. The number of rotatable bonds is 1. The lowest BCUT2D eigenvalue weighted by Crippen LogP contribution is -2.49. The molecular weight excluding hydrogens is 156 g/mol. The van der Waals surface area contributed by atoms with Crippen LogP contribution in [0.4, 0.5) is 8.78 Å². The van der Waals surface area contributed by atoms with Crippen molar-refractivity contribution < 1.29 is 8.78 Å². The second kappa shape index (κ2) is 3.05. The van der Waals surface area contributed by atoms with Crippen LogP contribution in [0.15, 0.2) is 0 Å². The van der Waals surface area contributed by atoms with Crippen LogP contribution in [0.1, 0.15) is 12.8 Å². The zero-order valence-electron chi connectivity index (χ0n) is 5.65. The van der Waals surface area contributed by atoms with Crippen LogP contribution < -0.4 is 5.73 Å². The van der Waals surface area contributed by atoms with Crippen LogP contribution in [0, 0.1) is 0 Å². The van der Waals surface area contributed by atoms with Crippen LogP contribution in [-0.4, -0.2) is 23.5 Å². The molecule has 2 N–H and O–H groups in total. The molecule has 0 bridgehead atoms. The summed E-state index contributed by atoms with van der Waals surface area (Å²) in [5, 5.41) is 0. The fourth-order valence-corrected chi connectivity index (χ4v) is 2.22. The highest BCUT2D eigenvalue weighted by atomic mass is 32.2. The van der Waals surface area contributed by atoms with Crippen LogP contribution in [0.3, 0.4) is 0 Å². The van der Waals surface area contributed by atoms with Gasteiger partial charge in [-0.3, -0.25) is 0 Å². The van der Waals surface area contributed by atoms with Gasteiger partial charge in [-0.1, -0.05) is 0 Å². The Labute approximate surface area is 63.4 Å². The van der Waals surface area contributed by atoms with Gasteiger partial charge in [-0.25, -0.2) is 8.78 Å². The lowest BCUT2D eigenvalue weighted by Gasteiger charge is -2.31. The molecular formula is C6H11F2NS. The van der Waals surface area contributed by atoms with E-state index in [9.17, 15) is 8.78 Å². The standard InChI is InChI=1S/C6H11F2NS/c7-5(8)6(9)1-3-10-4-2-6/h5H,1-4,9H2. The Balaban J connectivity index is 2.48. The minimum absolute atomic E-state index is 0.454. The Morgan fingerprint density at radius 2 is 1.80 bits per heavy atom. The average Bonchev–Trinajstić information content (AvgIpc) is 1.89. The number of halogens is 2. The summed E-state index contributed by atoms with van der Waals surface area (Å²) in [6.45, 7) is 0. The van der Waals surface area contributed by atoms with Crippen molar-refractivity contribution in [1.29, 1.82) is 0 Å². The Morgan fingerprint density at radius 1 is 1.30 bits per heavy atom. The number of thioether (sulfide) groups is 1. The molecule has 1 rings (SSSR count). The monoisotopic (exact) mass is 167 g/mol. The molecule has 0 aromatic carbocycles. The third-order valence-electron chi connectivity index (χ3n) is 1.86. The number of alkyl halides is 2. The normalized spacial score (nSPS) is 25.2. The highest BCUT2D eigenvalue weighted by Crippen LogP contribution is 2.29. The van der Waals surface area contributed by atoms with Gasteiger partial charge < -0.3 is 5.73 Å². The summed E-state index contributed by atoms with van der Waals surface area (Å²) in [4.78, 5) is 0. The van der Waals surface area contributed by atoms with Crippen LogP contribution in [0.5, 0.6) is 0 Å². The van der Waals surface area contributed by atoms with Gasteiger partial charge in [0.15, 0.2) is 0 Å². The second-order valence-corrected chi connectivity index (χ2v) is 3.87. The summed E-state index contributed by atoms with van der Waals surface area (Å²) >= 11 is 1.70. The van der Waals surface area contributed by atoms with Gasteiger partial charge in [-0.2, -0.15) is 11.8 Å². The van der Waals surface area contributed by atoms with Gasteiger partial charge in [0, 0.05) is 0 Å². The van der Waals surface area contributed by atoms with Gasteiger partial charge in [0.05, 0.1) is 5.54 Å². The Morgan fingerprint density at radius 3 is 2.10 bits per heavy atom. The first-order chi connectivity index (χ1) is 4.65. The second-order valence-electron chi connectivity index (χ2n) is 2.65. The molecule has 0 aromatic rings. The third-order valence-corrected chi connectivity index (χ3v) is 2.84. The minimum atomic E-state index is -2.35. The summed E-state index contributed by atoms with van der Waals surface area (Å²) in [5.74, 6) is 1.56. The molecule has 1 saturated heterocycles. The van der Waals surface area contributed by atoms with E-state index in [-0.39, 0.29) is 0 Å². The lowest BCUT2D eigenvalue weighted by atomic mass is 9.94. The average molecular weight is 167 g/mol. The molecule has 10 heavy (non-hydrogen) atoms. The van der Waals surface area contributed by atoms with E-state index in [1.807, 2.05) is 0 Å². The zero-order valence-corrected chi connectivity index (χ0v) is 6.46. The van der Waals surface area contributed by atoms with Crippen molar-refractivity contribution in [2.24, 2.45) is 5.73 Å². The topological polar surface area (TPSA) is 26.0 Å². The summed E-state index contributed by atoms with van der Waals surface area (Å²) in [6.07, 6.45) is -1.45. The van der Waals surface area contributed by atoms with Crippen LogP contribution in [0.25, 0.3) is 0 Å². The van der Waals surface area contributed by atoms with E-state index in [1.165, 1.54) is 0 Å². The number of hydrogen-bond acceptors (Lipinski definition) is 2. The maximum Gasteiger partial charge on any atom is 0.256 e. The van der Waals surface area contributed by atoms with Crippen molar-refractivity contribution in [2.75, 3.05) is 11.5 Å². The van der Waals surface area contributed by atoms with E-state index in [0.29, 0.717) is 12.8 Å². The summed E-state index contributed by atoms with van der Waals surface area (Å²) in [7, 11) is 0. The molecule has 0 aliphatic carbocycles. The summed E-state index contributed by atoms with van der Waals surface area (Å²) < 4.78 is 24.3. The molecule has 0 spiro atoms. The first kappa shape index (κ1) is 8.27. The van der Waals surface area contributed by atoms with E-state index >= 15 is 0 Å². The Bertz CT molecular complexity index is 112. The van der Waals surface area contributed by atoms with E-state index in [4.69, 9.17) is 5.73 Å². The fraction of sp³-hybridized carbons (Fsp3) is 1.00. The van der Waals surface area contributed by atoms with E-state index in [2.05, 4.69) is 0 Å². The number of hydrogen-bond donors (Lipinski definition) is 1. The van der Waals surface area contributed by atoms with E-state index < -0.39 is 12.0 Å². The van der Waals surface area contributed by atoms with E-state index in [1.54, 1.807) is 11.8 Å². The summed E-state index contributed by atoms with van der Waals surface area (Å²) in [6, 6.07) is 0. The van der Waals surface area contributed by atoms with Crippen molar-refractivity contribution >= 4 is 11.8 Å². The molecule has 0 radical (unpaired) electrons. The lowest BCUT2D eigenvalue weighted by molar-refractivity contribution is 0.0487. The van der Waals surface area contributed by atoms with Gasteiger partial charge in [-0.15, -0.1) is 0 Å². The van der Waals surface area contributed by atoms with Gasteiger partial charge >= 0.3 is 0 Å². The molecule has 0 atom stereocenters. The maximum absolute atomic E-state index is 12.2. The fourth-order valence-electron chi connectivity index (χ4n) is 0.970. The molecule has 1 nitrogen and oxygen atoms in total. The first-order valence-electron chi connectivity index (χ1n) is 3.30. The highest BCUT2D eigenvalue weighted by Gasteiger charge is 2.36. The van der Waals surface area contributed by atoms with Crippen molar-refractivity contribution in [3.05, 3.63) is 0 Å². The van der Waals surface area contributed by atoms with E-state index in [0.717, 1.165) is 11.5 Å². The molecule has 0 amide bonds. The highest BCUT2D eigenvalue weighted by molar-refractivity contribution is 7.99. The van der Waals surface area contributed by atoms with Gasteiger partial charge in [0.1, 0.15) is 0 Å². The van der Waals surface area contributed by atoms with Crippen molar-refractivity contribution in [3.8, 4) is 0 Å².